The predicted molar refractivity (Wildman–Crippen MR) is 83.2 cm³/mol. The molecule has 0 fully saturated rings. The molecule has 0 unspecified atom stereocenters. The van der Waals surface area contributed by atoms with Crippen molar-refractivity contribution in [1.82, 2.24) is 0 Å². The zero-order valence-electron chi connectivity index (χ0n) is 10.4. The van der Waals surface area contributed by atoms with Gasteiger partial charge in [0.25, 0.3) is 5.91 Å². The van der Waals surface area contributed by atoms with Gasteiger partial charge in [-0.05, 0) is 42.3 Å². The molecular weight excluding hydrogens is 326 g/mol. The molecule has 0 saturated carbocycles. The summed E-state index contributed by atoms with van der Waals surface area (Å²) in [6.07, 6.45) is 0. The van der Waals surface area contributed by atoms with Crippen molar-refractivity contribution >= 4 is 39.1 Å². The molecule has 0 bridgehead atoms. The molecule has 2 rings (SSSR count). The minimum Gasteiger partial charge on any atom is -0.322 e. The number of alkyl halides is 1. The second kappa shape index (κ2) is 6.22. The smallest absolute Gasteiger partial charge is 0.255 e. The first-order chi connectivity index (χ1) is 9.10. The van der Waals surface area contributed by atoms with Crippen molar-refractivity contribution < 1.29 is 4.79 Å². The number of benzene rings is 2. The number of hydrogen-bond donors (Lipinski definition) is 1. The van der Waals surface area contributed by atoms with Gasteiger partial charge in [-0.2, -0.15) is 0 Å². The Morgan fingerprint density at radius 3 is 2.47 bits per heavy atom. The van der Waals surface area contributed by atoms with Crippen LogP contribution < -0.4 is 5.32 Å². The maximum absolute atomic E-state index is 12.0. The van der Waals surface area contributed by atoms with Crippen LogP contribution in [0.15, 0.2) is 42.5 Å². The van der Waals surface area contributed by atoms with Crippen molar-refractivity contribution in [3.63, 3.8) is 0 Å². The van der Waals surface area contributed by atoms with Gasteiger partial charge in [-0.3, -0.25) is 4.79 Å². The second-order valence-corrected chi connectivity index (χ2v) is 5.22. The van der Waals surface area contributed by atoms with Gasteiger partial charge >= 0.3 is 0 Å². The van der Waals surface area contributed by atoms with Gasteiger partial charge in [0, 0.05) is 21.6 Å². The van der Waals surface area contributed by atoms with E-state index >= 15 is 0 Å². The first-order valence-electron chi connectivity index (χ1n) is 5.82. The van der Waals surface area contributed by atoms with E-state index in [0.29, 0.717) is 16.3 Å². The van der Waals surface area contributed by atoms with E-state index in [1.807, 2.05) is 43.3 Å². The van der Waals surface area contributed by atoms with E-state index < -0.39 is 0 Å². The topological polar surface area (TPSA) is 29.1 Å². The van der Waals surface area contributed by atoms with Crippen molar-refractivity contribution in [2.24, 2.45) is 0 Å². The molecular formula is C15H13BrClNO. The van der Waals surface area contributed by atoms with Gasteiger partial charge in [-0.1, -0.05) is 45.7 Å². The van der Waals surface area contributed by atoms with Crippen molar-refractivity contribution in [3.8, 4) is 0 Å². The third-order valence-corrected chi connectivity index (χ3v) is 3.85. The molecule has 0 heterocycles. The lowest BCUT2D eigenvalue weighted by molar-refractivity contribution is 0.102. The monoisotopic (exact) mass is 337 g/mol. The Hall–Kier alpha value is -1.32. The molecule has 19 heavy (non-hydrogen) atoms. The van der Waals surface area contributed by atoms with Crippen LogP contribution in [0.2, 0.25) is 5.02 Å². The number of carbonyl (C=O) groups is 1. The van der Waals surface area contributed by atoms with Crippen LogP contribution in [0.25, 0.3) is 0 Å². The lowest BCUT2D eigenvalue weighted by Gasteiger charge is -2.07. The van der Waals surface area contributed by atoms with E-state index in [4.69, 9.17) is 11.6 Å². The third-order valence-electron chi connectivity index (χ3n) is 2.80. The number of anilines is 1. The summed E-state index contributed by atoms with van der Waals surface area (Å²) in [7, 11) is 0. The highest BCUT2D eigenvalue weighted by atomic mass is 79.9. The molecule has 0 aliphatic rings. The zero-order valence-corrected chi connectivity index (χ0v) is 12.8. The van der Waals surface area contributed by atoms with E-state index in [9.17, 15) is 4.79 Å². The van der Waals surface area contributed by atoms with E-state index in [2.05, 4.69) is 21.2 Å². The van der Waals surface area contributed by atoms with E-state index in [0.717, 1.165) is 16.5 Å². The molecule has 0 atom stereocenters. The maximum Gasteiger partial charge on any atom is 0.255 e. The molecule has 4 heteroatoms. The first kappa shape index (κ1) is 14.1. The highest BCUT2D eigenvalue weighted by Crippen LogP contribution is 2.20. The van der Waals surface area contributed by atoms with Crippen LogP contribution in [0, 0.1) is 6.92 Å². The fourth-order valence-electron chi connectivity index (χ4n) is 1.62. The van der Waals surface area contributed by atoms with Crippen molar-refractivity contribution in [1.29, 1.82) is 0 Å². The van der Waals surface area contributed by atoms with Gasteiger partial charge in [-0.25, -0.2) is 0 Å². The Kier molecular flexibility index (Phi) is 4.61. The minimum atomic E-state index is -0.138. The summed E-state index contributed by atoms with van der Waals surface area (Å²) in [4.78, 5) is 12.0. The largest absolute Gasteiger partial charge is 0.322 e. The van der Waals surface area contributed by atoms with Gasteiger partial charge in [-0.15, -0.1) is 0 Å². The Balaban J connectivity index is 2.13. The number of nitrogens with one attached hydrogen (secondary N) is 1. The molecule has 1 amide bonds. The number of rotatable bonds is 3. The fraction of sp³-hybridized carbons (Fsp3) is 0.133. The van der Waals surface area contributed by atoms with Gasteiger partial charge in [0.05, 0.1) is 0 Å². The predicted octanol–water partition coefficient (Wildman–Crippen LogP) is 4.80. The molecule has 2 aromatic carbocycles. The van der Waals surface area contributed by atoms with Crippen LogP contribution in [-0.4, -0.2) is 5.91 Å². The summed E-state index contributed by atoms with van der Waals surface area (Å²) in [6.45, 7) is 1.92. The average Bonchev–Trinajstić information content (AvgIpc) is 2.43. The lowest BCUT2D eigenvalue weighted by Crippen LogP contribution is -2.11. The molecule has 0 aliphatic carbocycles. The van der Waals surface area contributed by atoms with Crippen molar-refractivity contribution in [2.75, 3.05) is 5.32 Å². The fourth-order valence-corrected chi connectivity index (χ4v) is 2.17. The van der Waals surface area contributed by atoms with Crippen LogP contribution >= 0.6 is 27.5 Å². The van der Waals surface area contributed by atoms with Gasteiger partial charge in [0.15, 0.2) is 0 Å². The highest BCUT2D eigenvalue weighted by Gasteiger charge is 2.06. The SMILES string of the molecule is Cc1ccc(NC(=O)c2ccc(CBr)cc2)cc1Cl. The zero-order chi connectivity index (χ0) is 13.8. The third kappa shape index (κ3) is 3.58. The number of carbonyl (C=O) groups excluding carboxylic acids is 1. The Morgan fingerprint density at radius 2 is 1.89 bits per heavy atom. The van der Waals surface area contributed by atoms with E-state index in [-0.39, 0.29) is 5.91 Å². The molecule has 2 nitrogen and oxygen atoms in total. The Morgan fingerprint density at radius 1 is 1.21 bits per heavy atom. The summed E-state index contributed by atoms with van der Waals surface area (Å²) in [5.74, 6) is -0.138. The second-order valence-electron chi connectivity index (χ2n) is 4.25. The van der Waals surface area contributed by atoms with Crippen LogP contribution in [0.4, 0.5) is 5.69 Å². The molecule has 0 saturated heterocycles. The van der Waals surface area contributed by atoms with Crippen molar-refractivity contribution in [3.05, 3.63) is 64.2 Å². The number of amides is 1. The molecule has 0 radical (unpaired) electrons. The molecule has 1 N–H and O–H groups in total. The molecule has 0 aromatic heterocycles. The molecule has 2 aromatic rings. The van der Waals surface area contributed by atoms with E-state index in [1.54, 1.807) is 6.07 Å². The first-order valence-corrected chi connectivity index (χ1v) is 7.32. The summed E-state index contributed by atoms with van der Waals surface area (Å²) in [5, 5.41) is 4.25. The van der Waals surface area contributed by atoms with Gasteiger partial charge in [0.2, 0.25) is 0 Å². The number of halogens is 2. The van der Waals surface area contributed by atoms with Crippen LogP contribution in [-0.2, 0) is 5.33 Å². The van der Waals surface area contributed by atoms with Gasteiger partial charge < -0.3 is 5.32 Å². The van der Waals surface area contributed by atoms with E-state index in [1.165, 1.54) is 0 Å². The summed E-state index contributed by atoms with van der Waals surface area (Å²) < 4.78 is 0. The van der Waals surface area contributed by atoms with Crippen LogP contribution in [0.3, 0.4) is 0 Å². The number of hydrogen-bond acceptors (Lipinski definition) is 1. The molecule has 0 spiro atoms. The Labute approximate surface area is 125 Å². The quantitative estimate of drug-likeness (QED) is 0.801. The minimum absolute atomic E-state index is 0.138. The summed E-state index contributed by atoms with van der Waals surface area (Å²) in [6, 6.07) is 12.9. The van der Waals surface area contributed by atoms with Gasteiger partial charge in [0.1, 0.15) is 0 Å². The lowest BCUT2D eigenvalue weighted by atomic mass is 10.1. The van der Waals surface area contributed by atoms with Crippen molar-refractivity contribution in [2.45, 2.75) is 12.3 Å². The Bertz CT molecular complexity index is 596. The normalized spacial score (nSPS) is 10.3. The average molecular weight is 339 g/mol. The maximum atomic E-state index is 12.0. The van der Waals surface area contributed by atoms with Crippen LogP contribution in [0.5, 0.6) is 0 Å². The molecule has 98 valence electrons. The number of aryl methyl sites for hydroxylation is 1. The molecule has 0 aliphatic heterocycles. The summed E-state index contributed by atoms with van der Waals surface area (Å²) >= 11 is 9.40. The standard InChI is InChI=1S/C15H13BrClNO/c1-10-2-7-13(8-14(10)17)18-15(19)12-5-3-11(9-16)4-6-12/h2-8H,9H2,1H3,(H,18,19). The summed E-state index contributed by atoms with van der Waals surface area (Å²) in [5.41, 5.74) is 3.45. The van der Waals surface area contributed by atoms with Crippen LogP contribution in [0.1, 0.15) is 21.5 Å². The highest BCUT2D eigenvalue weighted by molar-refractivity contribution is 9.08.